The Balaban J connectivity index is 2.77. The highest BCUT2D eigenvalue weighted by molar-refractivity contribution is 6.31. The highest BCUT2D eigenvalue weighted by Gasteiger charge is 2.19. The largest absolute Gasteiger partial charge is 0.385 e. The van der Waals surface area contributed by atoms with E-state index in [4.69, 9.17) is 11.6 Å². The third kappa shape index (κ3) is 3.29. The second-order valence-corrected chi connectivity index (χ2v) is 4.47. The van der Waals surface area contributed by atoms with Crippen LogP contribution in [0.4, 0.5) is 4.39 Å². The lowest BCUT2D eigenvalue weighted by Crippen LogP contribution is -2.27. The maximum absolute atomic E-state index is 12.8. The molecule has 1 N–H and O–H groups in total. The van der Waals surface area contributed by atoms with Gasteiger partial charge in [0, 0.05) is 11.4 Å². The minimum Gasteiger partial charge on any atom is -0.385 e. The monoisotopic (exact) mass is 244 g/mol. The molecule has 1 atom stereocenters. The Morgan fingerprint density at radius 1 is 1.50 bits per heavy atom. The second kappa shape index (κ2) is 5.41. The molecule has 2 nitrogen and oxygen atoms in total. The van der Waals surface area contributed by atoms with Gasteiger partial charge < -0.3 is 5.11 Å². The van der Waals surface area contributed by atoms with Gasteiger partial charge >= 0.3 is 0 Å². The molecule has 1 aromatic rings. The molecule has 88 valence electrons. The summed E-state index contributed by atoms with van der Waals surface area (Å²) in [6.45, 7) is 3.52. The number of hydrogen-bond acceptors (Lipinski definition) is 2. The molecule has 0 aliphatic heterocycles. The van der Waals surface area contributed by atoms with Crippen molar-refractivity contribution in [3.05, 3.63) is 34.6 Å². The van der Waals surface area contributed by atoms with Crippen LogP contribution in [-0.4, -0.2) is 17.0 Å². The van der Waals surface area contributed by atoms with Gasteiger partial charge in [-0.1, -0.05) is 31.5 Å². The topological polar surface area (TPSA) is 37.3 Å². The van der Waals surface area contributed by atoms with Crippen LogP contribution in [0.15, 0.2) is 18.2 Å². The van der Waals surface area contributed by atoms with Crippen LogP contribution in [0, 0.1) is 11.7 Å². The number of benzene rings is 1. The van der Waals surface area contributed by atoms with Crippen LogP contribution in [0.1, 0.15) is 19.4 Å². The Kier molecular flexibility index (Phi) is 4.44. The molecule has 0 aliphatic carbocycles. The number of ketones is 1. The third-order valence-corrected chi connectivity index (χ3v) is 2.69. The van der Waals surface area contributed by atoms with Crippen LogP contribution in [0.5, 0.6) is 0 Å². The smallest absolute Gasteiger partial charge is 0.165 e. The lowest BCUT2D eigenvalue weighted by molar-refractivity contribution is -0.128. The molecule has 0 aliphatic rings. The summed E-state index contributed by atoms with van der Waals surface area (Å²) in [5, 5.41) is 9.75. The highest BCUT2D eigenvalue weighted by atomic mass is 35.5. The summed E-state index contributed by atoms with van der Waals surface area (Å²) in [5.41, 5.74) is 0.535. The van der Waals surface area contributed by atoms with Crippen molar-refractivity contribution in [1.29, 1.82) is 0 Å². The lowest BCUT2D eigenvalue weighted by Gasteiger charge is -2.13. The quantitative estimate of drug-likeness (QED) is 0.884. The fourth-order valence-corrected chi connectivity index (χ4v) is 1.56. The molecule has 0 fully saturated rings. The molecule has 1 rings (SSSR count). The number of Topliss-reactive ketones (excluding diaryl/α,β-unsaturated/α-hetero) is 1. The summed E-state index contributed by atoms with van der Waals surface area (Å²) < 4.78 is 12.8. The molecule has 0 radical (unpaired) electrons. The van der Waals surface area contributed by atoms with Crippen LogP contribution in [0.3, 0.4) is 0 Å². The molecule has 16 heavy (non-hydrogen) atoms. The van der Waals surface area contributed by atoms with Crippen LogP contribution >= 0.6 is 11.6 Å². The third-order valence-electron chi connectivity index (χ3n) is 2.34. The van der Waals surface area contributed by atoms with E-state index >= 15 is 0 Å². The van der Waals surface area contributed by atoms with Gasteiger partial charge in [-0.15, -0.1) is 0 Å². The SMILES string of the molecule is CC(C)C(O)C(=O)Cc1ccc(F)cc1Cl. The number of carbonyl (C=O) groups excluding carboxylic acids is 1. The molecule has 4 heteroatoms. The predicted octanol–water partition coefficient (Wildman–Crippen LogP) is 2.61. The highest BCUT2D eigenvalue weighted by Crippen LogP contribution is 2.19. The van der Waals surface area contributed by atoms with Crippen LogP contribution in [-0.2, 0) is 11.2 Å². The Labute approximate surface area is 99.0 Å². The van der Waals surface area contributed by atoms with E-state index in [0.717, 1.165) is 6.07 Å². The Morgan fingerprint density at radius 2 is 2.12 bits per heavy atom. The zero-order valence-corrected chi connectivity index (χ0v) is 9.96. The number of rotatable bonds is 4. The van der Waals surface area contributed by atoms with Crippen molar-refractivity contribution in [1.82, 2.24) is 0 Å². The Morgan fingerprint density at radius 3 is 2.62 bits per heavy atom. The summed E-state index contributed by atoms with van der Waals surface area (Å²) in [4.78, 5) is 11.6. The standard InChI is InChI=1S/C12H14ClFO2/c1-7(2)12(16)11(15)5-8-3-4-9(14)6-10(8)13/h3-4,6-7,12,16H,5H2,1-2H3. The minimum atomic E-state index is -0.999. The van der Waals surface area contributed by atoms with Crippen molar-refractivity contribution in [3.8, 4) is 0 Å². The van der Waals surface area contributed by atoms with Crippen molar-refractivity contribution in [3.63, 3.8) is 0 Å². The van der Waals surface area contributed by atoms with Gasteiger partial charge in [-0.25, -0.2) is 4.39 Å². The molecule has 0 saturated carbocycles. The molecular formula is C12H14ClFO2. The molecule has 1 aromatic carbocycles. The van der Waals surface area contributed by atoms with Crippen molar-refractivity contribution < 1.29 is 14.3 Å². The van der Waals surface area contributed by atoms with E-state index in [-0.39, 0.29) is 23.1 Å². The Hall–Kier alpha value is -0.930. The van der Waals surface area contributed by atoms with Gasteiger partial charge in [0.1, 0.15) is 11.9 Å². The van der Waals surface area contributed by atoms with Gasteiger partial charge in [-0.05, 0) is 23.6 Å². The number of carbonyl (C=O) groups is 1. The molecule has 1 unspecified atom stereocenters. The van der Waals surface area contributed by atoms with E-state index < -0.39 is 11.9 Å². The van der Waals surface area contributed by atoms with E-state index in [2.05, 4.69) is 0 Å². The van der Waals surface area contributed by atoms with Crippen molar-refractivity contribution in [2.75, 3.05) is 0 Å². The van der Waals surface area contributed by atoms with E-state index in [9.17, 15) is 14.3 Å². The molecule has 0 aromatic heterocycles. The van der Waals surface area contributed by atoms with E-state index in [0.29, 0.717) is 5.56 Å². The maximum atomic E-state index is 12.8. The van der Waals surface area contributed by atoms with Crippen LogP contribution < -0.4 is 0 Å². The number of aliphatic hydroxyl groups is 1. The van der Waals surface area contributed by atoms with Crippen LogP contribution in [0.25, 0.3) is 0 Å². The minimum absolute atomic E-state index is 0.0262. The van der Waals surface area contributed by atoms with Gasteiger partial charge in [-0.3, -0.25) is 4.79 Å². The van der Waals surface area contributed by atoms with Crippen molar-refractivity contribution in [2.45, 2.75) is 26.4 Å². The summed E-state index contributed by atoms with van der Waals surface area (Å²) in [7, 11) is 0. The first-order valence-electron chi connectivity index (χ1n) is 5.06. The van der Waals surface area contributed by atoms with E-state index in [1.165, 1.54) is 12.1 Å². The molecule has 0 spiro atoms. The summed E-state index contributed by atoms with van der Waals surface area (Å²) in [5.74, 6) is -0.874. The van der Waals surface area contributed by atoms with Gasteiger partial charge in [0.15, 0.2) is 5.78 Å². The fourth-order valence-electron chi connectivity index (χ4n) is 1.33. The fraction of sp³-hybridized carbons (Fsp3) is 0.417. The molecule has 0 amide bonds. The summed E-state index contributed by atoms with van der Waals surface area (Å²) >= 11 is 5.78. The zero-order chi connectivity index (χ0) is 12.3. The van der Waals surface area contributed by atoms with Gasteiger partial charge in [0.25, 0.3) is 0 Å². The molecule has 0 bridgehead atoms. The zero-order valence-electron chi connectivity index (χ0n) is 9.21. The number of aliphatic hydroxyl groups excluding tert-OH is 1. The molecule has 0 heterocycles. The average Bonchev–Trinajstić information content (AvgIpc) is 2.20. The van der Waals surface area contributed by atoms with Crippen molar-refractivity contribution >= 4 is 17.4 Å². The number of halogens is 2. The van der Waals surface area contributed by atoms with Gasteiger partial charge in [-0.2, -0.15) is 0 Å². The first-order valence-corrected chi connectivity index (χ1v) is 5.44. The number of hydrogen-bond donors (Lipinski definition) is 1. The first kappa shape index (κ1) is 13.1. The normalized spacial score (nSPS) is 12.9. The Bertz CT molecular complexity index is 391. The summed E-state index contributed by atoms with van der Waals surface area (Å²) in [6, 6.07) is 3.87. The second-order valence-electron chi connectivity index (χ2n) is 4.07. The summed E-state index contributed by atoms with van der Waals surface area (Å²) in [6.07, 6.45) is -0.973. The first-order chi connectivity index (χ1) is 7.41. The average molecular weight is 245 g/mol. The van der Waals surface area contributed by atoms with E-state index in [1.807, 2.05) is 0 Å². The molecular weight excluding hydrogens is 231 g/mol. The predicted molar refractivity (Wildman–Crippen MR) is 61.0 cm³/mol. The lowest BCUT2D eigenvalue weighted by atomic mass is 9.98. The van der Waals surface area contributed by atoms with Gasteiger partial charge in [0.2, 0.25) is 0 Å². The van der Waals surface area contributed by atoms with Crippen LogP contribution in [0.2, 0.25) is 5.02 Å². The van der Waals surface area contributed by atoms with Gasteiger partial charge in [0.05, 0.1) is 0 Å². The maximum Gasteiger partial charge on any atom is 0.165 e. The van der Waals surface area contributed by atoms with E-state index in [1.54, 1.807) is 13.8 Å². The van der Waals surface area contributed by atoms with Crippen molar-refractivity contribution in [2.24, 2.45) is 5.92 Å². The molecule has 0 saturated heterocycles.